The van der Waals surface area contributed by atoms with Crippen LogP contribution >= 0.6 is 0 Å². The lowest BCUT2D eigenvalue weighted by molar-refractivity contribution is -0.384. The maximum absolute atomic E-state index is 11.9. The molecule has 1 saturated heterocycles. The Morgan fingerprint density at radius 2 is 2.00 bits per heavy atom. The second-order valence-electron chi connectivity index (χ2n) is 4.82. The first-order valence-electron chi connectivity index (χ1n) is 5.74. The highest BCUT2D eigenvalue weighted by molar-refractivity contribution is 5.91. The van der Waals surface area contributed by atoms with Gasteiger partial charge in [-0.05, 0) is 26.0 Å². The molecule has 20 heavy (non-hydrogen) atoms. The van der Waals surface area contributed by atoms with Crippen LogP contribution in [0.3, 0.4) is 0 Å². The number of nitro groups is 1. The van der Waals surface area contributed by atoms with Crippen molar-refractivity contribution in [2.75, 3.05) is 6.61 Å². The number of imide groups is 1. The van der Waals surface area contributed by atoms with E-state index >= 15 is 0 Å². The van der Waals surface area contributed by atoms with Gasteiger partial charge in [0.05, 0.1) is 10.5 Å². The largest absolute Gasteiger partial charge is 0.447 e. The van der Waals surface area contributed by atoms with E-state index in [9.17, 15) is 19.7 Å². The summed E-state index contributed by atoms with van der Waals surface area (Å²) in [4.78, 5) is 34.2. The van der Waals surface area contributed by atoms with Gasteiger partial charge in [-0.1, -0.05) is 0 Å². The van der Waals surface area contributed by atoms with Crippen LogP contribution in [0.15, 0.2) is 24.3 Å². The predicted octanol–water partition coefficient (Wildman–Crippen LogP) is 2.32. The van der Waals surface area contributed by atoms with E-state index in [-0.39, 0.29) is 18.0 Å². The highest BCUT2D eigenvalue weighted by Crippen LogP contribution is 2.25. The Morgan fingerprint density at radius 1 is 1.40 bits per heavy atom. The number of carbonyl (C=O) groups is 2. The number of amides is 2. The third kappa shape index (κ3) is 2.53. The molecule has 1 aromatic rings. The number of cyclic esters (lactones) is 1. The standard InChI is InChI=1S/C12H12N2O6/c1-12(2)7-19-10(15)13(12)11(16)20-9-5-3-8(4-6-9)14(17)18/h3-6H,7H2,1-2H3. The predicted molar refractivity (Wildman–Crippen MR) is 66.4 cm³/mol. The first-order valence-corrected chi connectivity index (χ1v) is 5.74. The van der Waals surface area contributed by atoms with E-state index in [4.69, 9.17) is 9.47 Å². The molecule has 8 heteroatoms. The maximum Gasteiger partial charge on any atom is 0.425 e. The normalized spacial score (nSPS) is 16.7. The maximum atomic E-state index is 11.9. The number of nitrogens with zero attached hydrogens (tertiary/aromatic N) is 2. The fourth-order valence-electron chi connectivity index (χ4n) is 1.72. The van der Waals surface area contributed by atoms with Gasteiger partial charge in [0.2, 0.25) is 0 Å². The molecule has 1 fully saturated rings. The molecular formula is C12H12N2O6. The van der Waals surface area contributed by atoms with Crippen LogP contribution in [0.2, 0.25) is 0 Å². The molecule has 0 aliphatic carbocycles. The van der Waals surface area contributed by atoms with Gasteiger partial charge in [0, 0.05) is 12.1 Å². The molecule has 1 aliphatic heterocycles. The number of rotatable bonds is 2. The van der Waals surface area contributed by atoms with E-state index < -0.39 is 22.6 Å². The summed E-state index contributed by atoms with van der Waals surface area (Å²) in [5.41, 5.74) is -0.916. The topological polar surface area (TPSA) is 99.0 Å². The lowest BCUT2D eigenvalue weighted by atomic mass is 10.1. The first kappa shape index (κ1) is 13.8. The van der Waals surface area contributed by atoms with Crippen LogP contribution in [0.5, 0.6) is 5.75 Å². The molecule has 0 N–H and O–H groups in total. The minimum absolute atomic E-state index is 0.0845. The van der Waals surface area contributed by atoms with E-state index in [1.165, 1.54) is 24.3 Å². The number of hydrogen-bond acceptors (Lipinski definition) is 6. The smallest absolute Gasteiger partial charge is 0.425 e. The van der Waals surface area contributed by atoms with Gasteiger partial charge in [-0.3, -0.25) is 10.1 Å². The van der Waals surface area contributed by atoms with Crippen molar-refractivity contribution in [3.8, 4) is 5.75 Å². The molecular weight excluding hydrogens is 268 g/mol. The molecule has 2 amide bonds. The van der Waals surface area contributed by atoms with Crippen LogP contribution in [0.4, 0.5) is 15.3 Å². The third-order valence-electron chi connectivity index (χ3n) is 2.77. The summed E-state index contributed by atoms with van der Waals surface area (Å²) in [7, 11) is 0. The lowest BCUT2D eigenvalue weighted by Gasteiger charge is -2.24. The van der Waals surface area contributed by atoms with Gasteiger partial charge in [0.15, 0.2) is 0 Å². The van der Waals surface area contributed by atoms with Crippen molar-refractivity contribution in [3.63, 3.8) is 0 Å². The molecule has 1 heterocycles. The highest BCUT2D eigenvalue weighted by atomic mass is 16.6. The third-order valence-corrected chi connectivity index (χ3v) is 2.77. The van der Waals surface area contributed by atoms with Crippen molar-refractivity contribution in [1.82, 2.24) is 4.90 Å². The molecule has 0 atom stereocenters. The van der Waals surface area contributed by atoms with Crippen LogP contribution < -0.4 is 4.74 Å². The van der Waals surface area contributed by atoms with Crippen LogP contribution in [0, 0.1) is 10.1 Å². The number of carbonyl (C=O) groups excluding carboxylic acids is 2. The van der Waals surface area contributed by atoms with Crippen molar-refractivity contribution in [3.05, 3.63) is 34.4 Å². The molecule has 2 rings (SSSR count). The van der Waals surface area contributed by atoms with Gasteiger partial charge < -0.3 is 9.47 Å². The number of nitro benzene ring substituents is 1. The van der Waals surface area contributed by atoms with Gasteiger partial charge in [-0.25, -0.2) is 14.5 Å². The lowest BCUT2D eigenvalue weighted by Crippen LogP contribution is -2.47. The van der Waals surface area contributed by atoms with Crippen molar-refractivity contribution in [1.29, 1.82) is 0 Å². The van der Waals surface area contributed by atoms with Gasteiger partial charge in [-0.15, -0.1) is 0 Å². The van der Waals surface area contributed by atoms with Crippen LogP contribution in [0.1, 0.15) is 13.8 Å². The molecule has 1 aliphatic rings. The Kier molecular flexibility index (Phi) is 3.31. The van der Waals surface area contributed by atoms with Crippen molar-refractivity contribution >= 4 is 17.9 Å². The first-order chi connectivity index (χ1) is 9.31. The van der Waals surface area contributed by atoms with E-state index in [1.807, 2.05) is 0 Å². The summed E-state index contributed by atoms with van der Waals surface area (Å²) >= 11 is 0. The number of ether oxygens (including phenoxy) is 2. The monoisotopic (exact) mass is 280 g/mol. The van der Waals surface area contributed by atoms with Gasteiger partial charge in [0.25, 0.3) is 5.69 Å². The molecule has 0 aromatic heterocycles. The Hall–Kier alpha value is -2.64. The molecule has 0 unspecified atom stereocenters. The zero-order valence-corrected chi connectivity index (χ0v) is 10.9. The Bertz CT molecular complexity index is 566. The Balaban J connectivity index is 2.11. The van der Waals surface area contributed by atoms with Crippen molar-refractivity contribution < 1.29 is 24.0 Å². The van der Waals surface area contributed by atoms with E-state index in [0.29, 0.717) is 0 Å². The minimum Gasteiger partial charge on any atom is -0.447 e. The summed E-state index contributed by atoms with van der Waals surface area (Å²) in [6.45, 7) is 3.41. The minimum atomic E-state index is -0.883. The summed E-state index contributed by atoms with van der Waals surface area (Å²) in [5, 5.41) is 10.5. The average molecular weight is 280 g/mol. The molecule has 1 aromatic carbocycles. The molecule has 0 spiro atoms. The van der Waals surface area contributed by atoms with E-state index in [0.717, 1.165) is 4.90 Å². The van der Waals surface area contributed by atoms with E-state index in [1.54, 1.807) is 13.8 Å². The summed E-state index contributed by atoms with van der Waals surface area (Å²) in [6.07, 6.45) is -1.66. The number of hydrogen-bond donors (Lipinski definition) is 0. The van der Waals surface area contributed by atoms with Crippen LogP contribution in [-0.2, 0) is 4.74 Å². The second kappa shape index (κ2) is 4.80. The van der Waals surface area contributed by atoms with Gasteiger partial charge in [-0.2, -0.15) is 0 Å². The number of non-ortho nitro benzene ring substituents is 1. The highest BCUT2D eigenvalue weighted by Gasteiger charge is 2.45. The van der Waals surface area contributed by atoms with E-state index in [2.05, 4.69) is 0 Å². The van der Waals surface area contributed by atoms with Gasteiger partial charge in [0.1, 0.15) is 12.4 Å². The summed E-state index contributed by atoms with van der Waals surface area (Å²) < 4.78 is 9.79. The average Bonchev–Trinajstić information content (AvgIpc) is 2.64. The van der Waals surface area contributed by atoms with Gasteiger partial charge >= 0.3 is 12.2 Å². The second-order valence-corrected chi connectivity index (χ2v) is 4.82. The molecule has 0 saturated carbocycles. The zero-order chi connectivity index (χ0) is 14.9. The Morgan fingerprint density at radius 3 is 2.45 bits per heavy atom. The molecule has 0 radical (unpaired) electrons. The Labute approximate surface area is 114 Å². The SMILES string of the molecule is CC1(C)COC(=O)N1C(=O)Oc1ccc([N+](=O)[O-])cc1. The quantitative estimate of drug-likeness (QED) is 0.609. The van der Waals surface area contributed by atoms with Crippen molar-refractivity contribution in [2.24, 2.45) is 0 Å². The van der Waals surface area contributed by atoms with Crippen LogP contribution in [0.25, 0.3) is 0 Å². The van der Waals surface area contributed by atoms with Crippen LogP contribution in [-0.4, -0.2) is 34.2 Å². The number of benzene rings is 1. The summed E-state index contributed by atoms with van der Waals surface area (Å²) in [5.74, 6) is 0.108. The fourth-order valence-corrected chi connectivity index (χ4v) is 1.72. The molecule has 106 valence electrons. The molecule has 0 bridgehead atoms. The zero-order valence-electron chi connectivity index (χ0n) is 10.9. The summed E-state index contributed by atoms with van der Waals surface area (Å²) in [6, 6.07) is 4.97. The molecule has 8 nitrogen and oxygen atoms in total. The fraction of sp³-hybridized carbons (Fsp3) is 0.333. The van der Waals surface area contributed by atoms with Crippen molar-refractivity contribution in [2.45, 2.75) is 19.4 Å².